The molecule has 1 aromatic rings. The summed E-state index contributed by atoms with van der Waals surface area (Å²) in [5.74, 6) is -0.243. The first-order valence-electron chi connectivity index (χ1n) is 7.81. The first-order chi connectivity index (χ1) is 11.1. The summed E-state index contributed by atoms with van der Waals surface area (Å²) >= 11 is 0. The number of hydrogen-bond donors (Lipinski definition) is 2. The van der Waals surface area contributed by atoms with Gasteiger partial charge in [0.1, 0.15) is 0 Å². The van der Waals surface area contributed by atoms with Crippen molar-refractivity contribution in [2.75, 3.05) is 26.7 Å². The number of aromatic hydroxyl groups is 1. The van der Waals surface area contributed by atoms with Gasteiger partial charge in [-0.2, -0.15) is 0 Å². The molecule has 6 nitrogen and oxygen atoms in total. The summed E-state index contributed by atoms with van der Waals surface area (Å²) in [6, 6.07) is 4.70. The zero-order chi connectivity index (χ0) is 16.4. The Morgan fingerprint density at radius 1 is 1.43 bits per heavy atom. The molecule has 0 bridgehead atoms. The van der Waals surface area contributed by atoms with Crippen LogP contribution < -0.4 is 5.32 Å². The molecular formula is C16H21FN4O2. The lowest BCUT2D eigenvalue weighted by Gasteiger charge is -2.36. The van der Waals surface area contributed by atoms with Gasteiger partial charge in [-0.3, -0.25) is 9.79 Å². The summed E-state index contributed by atoms with van der Waals surface area (Å²) < 4.78 is 13.3. The van der Waals surface area contributed by atoms with E-state index in [0.717, 1.165) is 25.9 Å². The molecule has 2 fully saturated rings. The quantitative estimate of drug-likeness (QED) is 0.642. The van der Waals surface area contributed by atoms with Crippen molar-refractivity contribution in [1.82, 2.24) is 15.1 Å². The summed E-state index contributed by atoms with van der Waals surface area (Å²) in [6.45, 7) is 2.16. The number of guanidine groups is 1. The van der Waals surface area contributed by atoms with E-state index >= 15 is 0 Å². The third kappa shape index (κ3) is 3.55. The van der Waals surface area contributed by atoms with Gasteiger partial charge in [-0.1, -0.05) is 6.07 Å². The molecule has 1 aliphatic carbocycles. The Balaban J connectivity index is 1.57. The van der Waals surface area contributed by atoms with Gasteiger partial charge in [0.25, 0.3) is 0 Å². The summed E-state index contributed by atoms with van der Waals surface area (Å²) in [4.78, 5) is 20.3. The van der Waals surface area contributed by atoms with Crippen LogP contribution in [0.25, 0.3) is 0 Å². The molecule has 23 heavy (non-hydrogen) atoms. The summed E-state index contributed by atoms with van der Waals surface area (Å²) in [5, 5.41) is 12.3. The highest BCUT2D eigenvalue weighted by Crippen LogP contribution is 2.28. The maximum Gasteiger partial charge on any atom is 0.242 e. The fourth-order valence-electron chi connectivity index (χ4n) is 2.81. The van der Waals surface area contributed by atoms with Crippen LogP contribution in [-0.4, -0.2) is 59.5 Å². The van der Waals surface area contributed by atoms with E-state index in [1.54, 1.807) is 13.1 Å². The van der Waals surface area contributed by atoms with E-state index in [1.807, 2.05) is 9.80 Å². The number of phenolic OH excluding ortho intramolecular Hbond substituents is 1. The summed E-state index contributed by atoms with van der Waals surface area (Å²) in [6.07, 6.45) is 2.23. The molecule has 0 atom stereocenters. The minimum absolute atomic E-state index is 0.136. The molecule has 0 unspecified atom stereocenters. The van der Waals surface area contributed by atoms with Gasteiger partial charge in [0.15, 0.2) is 17.5 Å². The van der Waals surface area contributed by atoms with Crippen LogP contribution in [-0.2, 0) is 11.3 Å². The summed E-state index contributed by atoms with van der Waals surface area (Å²) in [7, 11) is 1.66. The molecule has 1 heterocycles. The Kier molecular flexibility index (Phi) is 4.36. The van der Waals surface area contributed by atoms with Gasteiger partial charge in [-0.25, -0.2) is 4.39 Å². The average Bonchev–Trinajstić information content (AvgIpc) is 3.36. The Morgan fingerprint density at radius 2 is 2.22 bits per heavy atom. The number of nitrogens with one attached hydrogen (secondary N) is 1. The topological polar surface area (TPSA) is 68.2 Å². The van der Waals surface area contributed by atoms with Crippen LogP contribution in [0.1, 0.15) is 18.4 Å². The van der Waals surface area contributed by atoms with Crippen molar-refractivity contribution in [3.05, 3.63) is 29.6 Å². The molecule has 0 spiro atoms. The number of carbonyl (C=O) groups is 1. The normalized spacial score (nSPS) is 19.2. The number of hydrogen-bond acceptors (Lipinski definition) is 3. The number of amides is 1. The number of piperazine rings is 1. The summed E-state index contributed by atoms with van der Waals surface area (Å²) in [5.41, 5.74) is 0.699. The molecule has 2 N–H and O–H groups in total. The molecule has 0 radical (unpaired) electrons. The Hall–Kier alpha value is -2.31. The predicted octanol–water partition coefficient (Wildman–Crippen LogP) is 0.913. The number of aliphatic imine (C=N–C) groups is 1. The van der Waals surface area contributed by atoms with Crippen molar-refractivity contribution >= 4 is 11.9 Å². The highest BCUT2D eigenvalue weighted by atomic mass is 19.1. The second kappa shape index (κ2) is 6.44. The molecule has 3 rings (SSSR count). The Labute approximate surface area is 134 Å². The van der Waals surface area contributed by atoms with Crippen molar-refractivity contribution in [2.24, 2.45) is 4.99 Å². The van der Waals surface area contributed by atoms with Crippen LogP contribution in [0.5, 0.6) is 5.75 Å². The van der Waals surface area contributed by atoms with E-state index in [9.17, 15) is 14.3 Å². The zero-order valence-electron chi connectivity index (χ0n) is 13.1. The zero-order valence-corrected chi connectivity index (χ0v) is 13.1. The lowest BCUT2D eigenvalue weighted by Crippen LogP contribution is -2.55. The van der Waals surface area contributed by atoms with E-state index < -0.39 is 5.82 Å². The van der Waals surface area contributed by atoms with E-state index in [4.69, 9.17) is 0 Å². The molecule has 1 aromatic carbocycles. The molecule has 1 aliphatic heterocycles. The largest absolute Gasteiger partial charge is 0.505 e. The number of rotatable bonds is 3. The van der Waals surface area contributed by atoms with Crippen molar-refractivity contribution < 1.29 is 14.3 Å². The standard InChI is InChI=1S/C16H21FN4O2/c1-18-16(19-9-11-2-5-14(22)13(17)8-11)20-6-7-21(12-3-4-12)15(23)10-20/h2,5,8,12,22H,3-4,6-7,9-10H2,1H3,(H,18,19). The lowest BCUT2D eigenvalue weighted by atomic mass is 10.2. The first-order valence-corrected chi connectivity index (χ1v) is 7.81. The molecule has 2 aliphatic rings. The number of nitrogens with zero attached hydrogens (tertiary/aromatic N) is 3. The molecule has 1 saturated heterocycles. The van der Waals surface area contributed by atoms with Gasteiger partial charge >= 0.3 is 0 Å². The molecule has 7 heteroatoms. The van der Waals surface area contributed by atoms with Crippen LogP contribution >= 0.6 is 0 Å². The third-order valence-electron chi connectivity index (χ3n) is 4.22. The molecule has 1 saturated carbocycles. The SMILES string of the molecule is CN=C(NCc1ccc(O)c(F)c1)N1CCN(C2CC2)C(=O)C1. The minimum atomic E-state index is -0.646. The number of phenols is 1. The molecule has 124 valence electrons. The number of benzene rings is 1. The van der Waals surface area contributed by atoms with Crippen molar-refractivity contribution in [3.63, 3.8) is 0 Å². The fourth-order valence-corrected chi connectivity index (χ4v) is 2.81. The van der Waals surface area contributed by atoms with Crippen molar-refractivity contribution in [2.45, 2.75) is 25.4 Å². The van der Waals surface area contributed by atoms with Gasteiger partial charge in [0, 0.05) is 32.7 Å². The van der Waals surface area contributed by atoms with Crippen molar-refractivity contribution in [3.8, 4) is 5.75 Å². The highest BCUT2D eigenvalue weighted by Gasteiger charge is 2.36. The van der Waals surface area contributed by atoms with Gasteiger partial charge in [0.2, 0.25) is 5.91 Å². The smallest absolute Gasteiger partial charge is 0.242 e. The Morgan fingerprint density at radius 3 is 2.83 bits per heavy atom. The predicted molar refractivity (Wildman–Crippen MR) is 84.6 cm³/mol. The monoisotopic (exact) mass is 320 g/mol. The number of halogens is 1. The molecular weight excluding hydrogens is 299 g/mol. The molecule has 1 amide bonds. The average molecular weight is 320 g/mol. The number of carbonyl (C=O) groups excluding carboxylic acids is 1. The second-order valence-electron chi connectivity index (χ2n) is 5.93. The van der Waals surface area contributed by atoms with Crippen LogP contribution in [0.4, 0.5) is 4.39 Å². The van der Waals surface area contributed by atoms with Crippen LogP contribution in [0.3, 0.4) is 0 Å². The van der Waals surface area contributed by atoms with Crippen LogP contribution in [0.2, 0.25) is 0 Å². The van der Waals surface area contributed by atoms with E-state index in [1.165, 1.54) is 12.1 Å². The van der Waals surface area contributed by atoms with Gasteiger partial charge in [0.05, 0.1) is 6.54 Å². The third-order valence-corrected chi connectivity index (χ3v) is 4.22. The Bertz CT molecular complexity index is 631. The highest BCUT2D eigenvalue weighted by molar-refractivity contribution is 5.87. The second-order valence-corrected chi connectivity index (χ2v) is 5.93. The van der Waals surface area contributed by atoms with E-state index in [2.05, 4.69) is 10.3 Å². The minimum Gasteiger partial charge on any atom is -0.505 e. The van der Waals surface area contributed by atoms with E-state index in [-0.39, 0.29) is 11.7 Å². The van der Waals surface area contributed by atoms with Crippen LogP contribution in [0, 0.1) is 5.82 Å². The first kappa shape index (κ1) is 15.6. The van der Waals surface area contributed by atoms with Gasteiger partial charge in [-0.15, -0.1) is 0 Å². The van der Waals surface area contributed by atoms with Gasteiger partial charge < -0.3 is 20.2 Å². The van der Waals surface area contributed by atoms with E-state index in [0.29, 0.717) is 30.7 Å². The lowest BCUT2D eigenvalue weighted by molar-refractivity contribution is -0.135. The van der Waals surface area contributed by atoms with Crippen LogP contribution in [0.15, 0.2) is 23.2 Å². The molecule has 0 aromatic heterocycles. The van der Waals surface area contributed by atoms with Gasteiger partial charge in [-0.05, 0) is 30.5 Å². The van der Waals surface area contributed by atoms with Crippen molar-refractivity contribution in [1.29, 1.82) is 0 Å². The fraction of sp³-hybridized carbons (Fsp3) is 0.500. The maximum absolute atomic E-state index is 13.3. The maximum atomic E-state index is 13.3.